The molecule has 130 valence electrons. The summed E-state index contributed by atoms with van der Waals surface area (Å²) in [6, 6.07) is 7.65. The molecule has 0 radical (unpaired) electrons. The zero-order valence-electron chi connectivity index (χ0n) is 14.4. The summed E-state index contributed by atoms with van der Waals surface area (Å²) in [4.78, 5) is 27.3. The minimum Gasteiger partial charge on any atom is -0.467 e. The van der Waals surface area contributed by atoms with Crippen LogP contribution in [0, 0.1) is 5.41 Å². The summed E-state index contributed by atoms with van der Waals surface area (Å²) < 4.78 is 5.36. The van der Waals surface area contributed by atoms with E-state index in [1.807, 2.05) is 50.4 Å². The van der Waals surface area contributed by atoms with Crippen molar-refractivity contribution in [1.82, 2.24) is 10.2 Å². The Balaban J connectivity index is 1.92. The minimum atomic E-state index is -0.451. The fourth-order valence-electron chi connectivity index (χ4n) is 2.12. The van der Waals surface area contributed by atoms with Gasteiger partial charge in [0.1, 0.15) is 5.76 Å². The molecule has 0 spiro atoms. The maximum absolute atomic E-state index is 12.6. The van der Waals surface area contributed by atoms with Crippen LogP contribution in [-0.2, 0) is 22.7 Å². The van der Waals surface area contributed by atoms with E-state index >= 15 is 0 Å². The summed E-state index contributed by atoms with van der Waals surface area (Å²) in [6.07, 6.45) is 1.88. The molecule has 0 aliphatic carbocycles. The van der Waals surface area contributed by atoms with Gasteiger partial charge in [-0.2, -0.15) is 0 Å². The van der Waals surface area contributed by atoms with E-state index in [9.17, 15) is 9.59 Å². The highest BCUT2D eigenvalue weighted by Gasteiger charge is 2.21. The van der Waals surface area contributed by atoms with E-state index in [-0.39, 0.29) is 18.2 Å². The monoisotopic (exact) mass is 348 g/mol. The first-order chi connectivity index (χ1) is 11.4. The number of nitrogens with zero attached hydrogens (tertiary/aromatic N) is 1. The molecule has 2 aromatic heterocycles. The van der Waals surface area contributed by atoms with Gasteiger partial charge >= 0.3 is 0 Å². The van der Waals surface area contributed by atoms with Gasteiger partial charge in [0.25, 0.3) is 0 Å². The minimum absolute atomic E-state index is 0.00555. The lowest BCUT2D eigenvalue weighted by molar-refractivity contribution is -0.133. The van der Waals surface area contributed by atoms with Crippen molar-refractivity contribution in [3.8, 4) is 0 Å². The average Bonchev–Trinajstić information content (AvgIpc) is 3.18. The molecule has 0 saturated heterocycles. The van der Waals surface area contributed by atoms with Crippen molar-refractivity contribution in [2.45, 2.75) is 40.3 Å². The van der Waals surface area contributed by atoms with Crippen molar-refractivity contribution in [3.63, 3.8) is 0 Å². The van der Waals surface area contributed by atoms with Crippen LogP contribution < -0.4 is 5.32 Å². The summed E-state index contributed by atoms with van der Waals surface area (Å²) in [5, 5.41) is 4.81. The zero-order valence-corrected chi connectivity index (χ0v) is 15.2. The second-order valence-corrected chi connectivity index (χ2v) is 7.70. The van der Waals surface area contributed by atoms with Crippen molar-refractivity contribution in [1.29, 1.82) is 0 Å². The van der Waals surface area contributed by atoms with Crippen LogP contribution in [0.15, 0.2) is 40.3 Å². The fourth-order valence-corrected chi connectivity index (χ4v) is 2.84. The third-order valence-electron chi connectivity index (χ3n) is 3.51. The lowest BCUT2D eigenvalue weighted by atomic mass is 9.96. The van der Waals surface area contributed by atoms with Gasteiger partial charge in [-0.3, -0.25) is 9.59 Å². The summed E-state index contributed by atoms with van der Waals surface area (Å²) in [5.41, 5.74) is -0.451. The van der Waals surface area contributed by atoms with Gasteiger partial charge in [0, 0.05) is 23.3 Å². The lowest BCUT2D eigenvalue weighted by Gasteiger charge is -2.22. The molecule has 5 nitrogen and oxygen atoms in total. The molecule has 0 unspecified atom stereocenters. The highest BCUT2D eigenvalue weighted by atomic mass is 32.1. The van der Waals surface area contributed by atoms with Gasteiger partial charge in [0.15, 0.2) is 0 Å². The van der Waals surface area contributed by atoms with Gasteiger partial charge in [-0.1, -0.05) is 26.8 Å². The number of amides is 2. The Kier molecular flexibility index (Phi) is 6.20. The molecular weight excluding hydrogens is 324 g/mol. The topological polar surface area (TPSA) is 62.6 Å². The molecule has 0 bridgehead atoms. The van der Waals surface area contributed by atoms with Gasteiger partial charge < -0.3 is 14.6 Å². The lowest BCUT2D eigenvalue weighted by Crippen LogP contribution is -2.38. The van der Waals surface area contributed by atoms with E-state index in [0.717, 1.165) is 10.6 Å². The molecule has 2 rings (SSSR count). The zero-order chi connectivity index (χ0) is 17.6. The van der Waals surface area contributed by atoms with Gasteiger partial charge in [-0.25, -0.2) is 0 Å². The van der Waals surface area contributed by atoms with Crippen molar-refractivity contribution in [3.05, 3.63) is 46.5 Å². The van der Waals surface area contributed by atoms with Crippen LogP contribution >= 0.6 is 11.3 Å². The van der Waals surface area contributed by atoms with E-state index in [2.05, 4.69) is 5.32 Å². The van der Waals surface area contributed by atoms with Crippen LogP contribution in [-0.4, -0.2) is 23.3 Å². The van der Waals surface area contributed by atoms with Gasteiger partial charge in [0.2, 0.25) is 11.8 Å². The smallest absolute Gasteiger partial charge is 0.225 e. The molecule has 2 aromatic rings. The maximum atomic E-state index is 12.6. The number of hydrogen-bond donors (Lipinski definition) is 1. The van der Waals surface area contributed by atoms with E-state index < -0.39 is 5.41 Å². The highest BCUT2D eigenvalue weighted by molar-refractivity contribution is 7.09. The molecule has 2 heterocycles. The molecule has 6 heteroatoms. The average molecular weight is 348 g/mol. The SMILES string of the molecule is CC(C)(C)C(=O)NCCC(=O)N(Cc1ccco1)Cc1cccs1. The summed E-state index contributed by atoms with van der Waals surface area (Å²) >= 11 is 1.62. The molecular formula is C18H24N2O3S. The number of furan rings is 1. The Morgan fingerprint density at radius 3 is 2.58 bits per heavy atom. The second-order valence-electron chi connectivity index (χ2n) is 6.66. The van der Waals surface area contributed by atoms with Crippen molar-refractivity contribution in [2.24, 2.45) is 5.41 Å². The molecule has 24 heavy (non-hydrogen) atoms. The predicted octanol–water partition coefficient (Wildman–Crippen LogP) is 3.42. The van der Waals surface area contributed by atoms with Crippen molar-refractivity contribution < 1.29 is 14.0 Å². The van der Waals surface area contributed by atoms with E-state index in [4.69, 9.17) is 4.42 Å². The molecule has 0 fully saturated rings. The Hall–Kier alpha value is -2.08. The van der Waals surface area contributed by atoms with E-state index in [1.54, 1.807) is 22.5 Å². The predicted molar refractivity (Wildman–Crippen MR) is 94.4 cm³/mol. The van der Waals surface area contributed by atoms with Crippen LogP contribution in [0.4, 0.5) is 0 Å². The Morgan fingerprint density at radius 1 is 1.21 bits per heavy atom. The van der Waals surface area contributed by atoms with Crippen molar-refractivity contribution in [2.75, 3.05) is 6.54 Å². The van der Waals surface area contributed by atoms with Crippen molar-refractivity contribution >= 4 is 23.2 Å². The maximum Gasteiger partial charge on any atom is 0.225 e. The van der Waals surface area contributed by atoms with Gasteiger partial charge in [0.05, 0.1) is 19.4 Å². The number of rotatable bonds is 7. The van der Waals surface area contributed by atoms with Crippen LogP contribution in [0.5, 0.6) is 0 Å². The van der Waals surface area contributed by atoms with Crippen LogP contribution in [0.1, 0.15) is 37.8 Å². The molecule has 0 saturated carbocycles. The number of hydrogen-bond acceptors (Lipinski definition) is 4. The quantitative estimate of drug-likeness (QED) is 0.834. The van der Waals surface area contributed by atoms with Crippen LogP contribution in [0.25, 0.3) is 0 Å². The van der Waals surface area contributed by atoms with Crippen LogP contribution in [0.3, 0.4) is 0 Å². The molecule has 0 aliphatic heterocycles. The Morgan fingerprint density at radius 2 is 2.00 bits per heavy atom. The highest BCUT2D eigenvalue weighted by Crippen LogP contribution is 2.16. The van der Waals surface area contributed by atoms with Gasteiger partial charge in [-0.15, -0.1) is 11.3 Å². The third kappa shape index (κ3) is 5.53. The molecule has 0 atom stereocenters. The molecule has 0 aliphatic rings. The fraction of sp³-hybridized carbons (Fsp3) is 0.444. The van der Waals surface area contributed by atoms with E-state index in [1.165, 1.54) is 0 Å². The number of thiophene rings is 1. The Bertz CT molecular complexity index is 606. The normalized spacial score (nSPS) is 11.3. The summed E-state index contributed by atoms with van der Waals surface area (Å²) in [7, 11) is 0. The molecule has 2 amide bonds. The number of nitrogens with one attached hydrogen (secondary N) is 1. The number of carbonyl (C=O) groups excluding carboxylic acids is 2. The largest absolute Gasteiger partial charge is 0.467 e. The second kappa shape index (κ2) is 8.15. The van der Waals surface area contributed by atoms with Crippen LogP contribution in [0.2, 0.25) is 0 Å². The third-order valence-corrected chi connectivity index (χ3v) is 4.37. The van der Waals surface area contributed by atoms with E-state index in [0.29, 0.717) is 19.6 Å². The standard InChI is InChI=1S/C18H24N2O3S/c1-18(2,3)17(22)19-9-8-16(21)20(12-14-6-4-10-23-14)13-15-7-5-11-24-15/h4-7,10-11H,8-9,12-13H2,1-3H3,(H,19,22). The number of carbonyl (C=O) groups is 2. The summed E-state index contributed by atoms with van der Waals surface area (Å²) in [5.74, 6) is 0.693. The first kappa shape index (κ1) is 18.3. The molecule has 0 aromatic carbocycles. The molecule has 1 N–H and O–H groups in total. The Labute approximate surface area is 146 Å². The first-order valence-corrected chi connectivity index (χ1v) is 8.85. The summed E-state index contributed by atoms with van der Waals surface area (Å²) in [6.45, 7) is 6.87. The van der Waals surface area contributed by atoms with Gasteiger partial charge in [-0.05, 0) is 23.6 Å². The first-order valence-electron chi connectivity index (χ1n) is 7.97.